The van der Waals surface area contributed by atoms with E-state index in [0.29, 0.717) is 0 Å². The third-order valence-electron chi connectivity index (χ3n) is 2.15. The zero-order valence-electron chi connectivity index (χ0n) is 8.38. The first-order valence-corrected chi connectivity index (χ1v) is 7.06. The lowest BCUT2D eigenvalue weighted by Gasteiger charge is -2.05. The molecule has 0 saturated heterocycles. The molecule has 0 amide bonds. The highest BCUT2D eigenvalue weighted by Gasteiger charge is 2.18. The van der Waals surface area contributed by atoms with Gasteiger partial charge in [-0.2, -0.15) is 0 Å². The summed E-state index contributed by atoms with van der Waals surface area (Å²) in [7, 11) is 0. The van der Waals surface area contributed by atoms with Crippen LogP contribution in [0.5, 0.6) is 0 Å². The summed E-state index contributed by atoms with van der Waals surface area (Å²) in [5, 5.41) is 0. The molecule has 2 aromatic rings. The first-order valence-electron chi connectivity index (χ1n) is 4.54. The van der Waals surface area contributed by atoms with Crippen molar-refractivity contribution in [1.29, 1.82) is 0 Å². The second kappa shape index (κ2) is 4.44. The van der Waals surface area contributed by atoms with Gasteiger partial charge in [0.15, 0.2) is 4.67 Å². The normalized spacial score (nSPS) is 13.1. The molecule has 0 N–H and O–H groups in total. The van der Waals surface area contributed by atoms with Crippen molar-refractivity contribution in [3.8, 4) is 0 Å². The van der Waals surface area contributed by atoms with Crippen LogP contribution in [0.2, 0.25) is 0 Å². The molecule has 2 aromatic heterocycles. The Morgan fingerprint density at radius 3 is 2.53 bits per heavy atom. The summed E-state index contributed by atoms with van der Waals surface area (Å²) in [4.78, 5) is 2.80. The number of aryl methyl sites for hydroxylation is 2. The van der Waals surface area contributed by atoms with E-state index in [-0.39, 0.29) is 4.83 Å². The Hall–Kier alpha value is -0.0600. The first-order chi connectivity index (χ1) is 7.08. The van der Waals surface area contributed by atoms with Crippen LogP contribution in [0.3, 0.4) is 0 Å². The molecule has 2 rings (SSSR count). The zero-order chi connectivity index (χ0) is 11.0. The van der Waals surface area contributed by atoms with Gasteiger partial charge in [-0.05, 0) is 53.5 Å². The van der Waals surface area contributed by atoms with Crippen molar-refractivity contribution >= 4 is 43.2 Å². The third kappa shape index (κ3) is 2.37. The van der Waals surface area contributed by atoms with Crippen LogP contribution in [0.1, 0.15) is 25.9 Å². The second-order valence-corrected chi connectivity index (χ2v) is 6.39. The smallest absolute Gasteiger partial charge is 0.169 e. The number of furan rings is 1. The Morgan fingerprint density at radius 1 is 1.33 bits per heavy atom. The molecule has 15 heavy (non-hydrogen) atoms. The molecule has 1 unspecified atom stereocenters. The first kappa shape index (κ1) is 11.4. The highest BCUT2D eigenvalue weighted by Crippen LogP contribution is 2.38. The van der Waals surface area contributed by atoms with E-state index in [1.807, 2.05) is 12.1 Å². The maximum atomic E-state index is 5.54. The molecule has 2 heterocycles. The van der Waals surface area contributed by atoms with Gasteiger partial charge in [0.25, 0.3) is 0 Å². The topological polar surface area (TPSA) is 13.1 Å². The summed E-state index contributed by atoms with van der Waals surface area (Å²) in [6, 6.07) is 6.10. The Morgan fingerprint density at radius 2 is 2.07 bits per heavy atom. The number of thiophene rings is 1. The van der Waals surface area contributed by atoms with Crippen LogP contribution in [0.15, 0.2) is 27.3 Å². The minimum Gasteiger partial charge on any atom is -0.453 e. The molecular formula is C11H10Br2OS. The quantitative estimate of drug-likeness (QED) is 0.678. The maximum absolute atomic E-state index is 5.54. The second-order valence-electron chi connectivity index (χ2n) is 3.41. The van der Waals surface area contributed by atoms with Crippen LogP contribution in [-0.4, -0.2) is 0 Å². The molecule has 1 atom stereocenters. The van der Waals surface area contributed by atoms with Crippen LogP contribution >= 0.6 is 43.2 Å². The van der Waals surface area contributed by atoms with E-state index in [9.17, 15) is 0 Å². The maximum Gasteiger partial charge on any atom is 0.169 e. The lowest BCUT2D eigenvalue weighted by molar-refractivity contribution is 0.498. The summed E-state index contributed by atoms with van der Waals surface area (Å²) in [6.07, 6.45) is 0. The van der Waals surface area contributed by atoms with Gasteiger partial charge in [0, 0.05) is 9.75 Å². The van der Waals surface area contributed by atoms with Crippen molar-refractivity contribution in [2.45, 2.75) is 18.7 Å². The van der Waals surface area contributed by atoms with Gasteiger partial charge in [0.05, 0.1) is 0 Å². The number of alkyl halides is 1. The molecule has 0 saturated carbocycles. The Balaban J connectivity index is 2.35. The number of hydrogen-bond donors (Lipinski definition) is 0. The largest absolute Gasteiger partial charge is 0.453 e. The van der Waals surface area contributed by atoms with E-state index in [1.165, 1.54) is 15.3 Å². The number of hydrogen-bond acceptors (Lipinski definition) is 2. The minimum atomic E-state index is 0.155. The molecule has 0 aliphatic carbocycles. The van der Waals surface area contributed by atoms with Crippen molar-refractivity contribution in [2.75, 3.05) is 0 Å². The van der Waals surface area contributed by atoms with Crippen molar-refractivity contribution in [3.63, 3.8) is 0 Å². The van der Waals surface area contributed by atoms with Gasteiger partial charge in [-0.3, -0.25) is 0 Å². The van der Waals surface area contributed by atoms with Crippen molar-refractivity contribution in [1.82, 2.24) is 0 Å². The summed E-state index contributed by atoms with van der Waals surface area (Å²) >= 11 is 8.78. The minimum absolute atomic E-state index is 0.155. The van der Waals surface area contributed by atoms with Crippen LogP contribution < -0.4 is 0 Å². The van der Waals surface area contributed by atoms with Gasteiger partial charge in [-0.1, -0.05) is 15.9 Å². The van der Waals surface area contributed by atoms with Gasteiger partial charge in [-0.15, -0.1) is 11.3 Å². The lowest BCUT2D eigenvalue weighted by Crippen LogP contribution is -1.88. The molecule has 1 nitrogen and oxygen atoms in total. The van der Waals surface area contributed by atoms with Crippen LogP contribution in [0, 0.1) is 13.8 Å². The van der Waals surface area contributed by atoms with Crippen LogP contribution in [0.4, 0.5) is 0 Å². The van der Waals surface area contributed by atoms with E-state index in [0.717, 1.165) is 10.4 Å². The monoisotopic (exact) mass is 348 g/mol. The van der Waals surface area contributed by atoms with Gasteiger partial charge >= 0.3 is 0 Å². The fourth-order valence-corrected chi connectivity index (χ4v) is 3.73. The molecule has 80 valence electrons. The molecule has 0 aliphatic rings. The van der Waals surface area contributed by atoms with Gasteiger partial charge in [0.1, 0.15) is 10.6 Å². The molecule has 0 aliphatic heterocycles. The van der Waals surface area contributed by atoms with Crippen molar-refractivity contribution in [3.05, 3.63) is 43.9 Å². The molecule has 4 heteroatoms. The Labute approximate surface area is 110 Å². The predicted octanol–water partition coefficient (Wildman–Crippen LogP) is 5.20. The molecule has 0 spiro atoms. The van der Waals surface area contributed by atoms with Crippen LogP contribution in [0.25, 0.3) is 0 Å². The molecule has 0 aromatic carbocycles. The molecule has 0 radical (unpaired) electrons. The van der Waals surface area contributed by atoms with E-state index in [1.54, 1.807) is 11.3 Å². The average molecular weight is 350 g/mol. The highest BCUT2D eigenvalue weighted by molar-refractivity contribution is 9.10. The van der Waals surface area contributed by atoms with Crippen molar-refractivity contribution < 1.29 is 4.42 Å². The average Bonchev–Trinajstić information content (AvgIpc) is 2.71. The molecular weight excluding hydrogens is 340 g/mol. The summed E-state index contributed by atoms with van der Waals surface area (Å²) < 4.78 is 6.31. The standard InChI is InChI=1S/C11H10Br2OS/c1-6-5-7(2)15-11(6)10(13)8-3-4-9(12)14-8/h3-5,10H,1-2H3. The lowest BCUT2D eigenvalue weighted by atomic mass is 10.2. The molecule has 0 fully saturated rings. The zero-order valence-corrected chi connectivity index (χ0v) is 12.4. The Bertz CT molecular complexity index is 473. The Kier molecular flexibility index (Phi) is 3.38. The van der Waals surface area contributed by atoms with Gasteiger partial charge in [0.2, 0.25) is 0 Å². The van der Waals surface area contributed by atoms with Crippen LogP contribution in [-0.2, 0) is 0 Å². The summed E-state index contributed by atoms with van der Waals surface area (Å²) in [6.45, 7) is 4.25. The summed E-state index contributed by atoms with van der Waals surface area (Å²) in [5.41, 5.74) is 1.31. The number of rotatable bonds is 2. The highest BCUT2D eigenvalue weighted by atomic mass is 79.9. The summed E-state index contributed by atoms with van der Waals surface area (Å²) in [5.74, 6) is 0.937. The third-order valence-corrected chi connectivity index (χ3v) is 5.01. The predicted molar refractivity (Wildman–Crippen MR) is 71.0 cm³/mol. The fourth-order valence-electron chi connectivity index (χ4n) is 1.50. The van der Waals surface area contributed by atoms with E-state index < -0.39 is 0 Å². The van der Waals surface area contributed by atoms with Gasteiger partial charge < -0.3 is 4.42 Å². The van der Waals surface area contributed by atoms with Gasteiger partial charge in [-0.25, -0.2) is 0 Å². The molecule has 0 bridgehead atoms. The number of halogens is 2. The van der Waals surface area contributed by atoms with Crippen molar-refractivity contribution in [2.24, 2.45) is 0 Å². The SMILES string of the molecule is Cc1cc(C)c(C(Br)c2ccc(Br)o2)s1. The van der Waals surface area contributed by atoms with E-state index in [2.05, 4.69) is 51.8 Å². The van der Waals surface area contributed by atoms with E-state index in [4.69, 9.17) is 4.42 Å². The van der Waals surface area contributed by atoms with E-state index >= 15 is 0 Å². The fraction of sp³-hybridized carbons (Fsp3) is 0.273.